The molecule has 150 valence electrons. The first-order valence-electron chi connectivity index (χ1n) is 10.5. The lowest BCUT2D eigenvalue weighted by Gasteiger charge is -2.41. The van der Waals surface area contributed by atoms with E-state index in [-0.39, 0.29) is 5.41 Å². The molecule has 27 heavy (non-hydrogen) atoms. The fourth-order valence-corrected chi connectivity index (χ4v) is 6.09. The van der Waals surface area contributed by atoms with Crippen molar-refractivity contribution >= 4 is 0 Å². The van der Waals surface area contributed by atoms with Crippen LogP contribution in [-0.2, 0) is 9.47 Å². The van der Waals surface area contributed by atoms with Crippen LogP contribution >= 0.6 is 0 Å². The van der Waals surface area contributed by atoms with E-state index >= 15 is 0 Å². The summed E-state index contributed by atoms with van der Waals surface area (Å²) in [6.45, 7) is 4.01. The molecule has 2 aliphatic carbocycles. The Morgan fingerprint density at radius 3 is 2.52 bits per heavy atom. The summed E-state index contributed by atoms with van der Waals surface area (Å²) in [5.41, 5.74) is 1.17. The van der Waals surface area contributed by atoms with Crippen LogP contribution in [0.2, 0.25) is 0 Å². The number of benzene rings is 1. The predicted molar refractivity (Wildman–Crippen MR) is 109 cm³/mol. The Hall–Kier alpha value is -1.16. The van der Waals surface area contributed by atoms with E-state index < -0.39 is 6.10 Å². The Bertz CT molecular complexity index is 591. The third kappa shape index (κ3) is 4.47. The highest BCUT2D eigenvalue weighted by Crippen LogP contribution is 2.58. The van der Waals surface area contributed by atoms with E-state index in [0.717, 1.165) is 18.8 Å². The van der Waals surface area contributed by atoms with E-state index in [2.05, 4.69) is 19.1 Å². The van der Waals surface area contributed by atoms with E-state index in [1.165, 1.54) is 25.7 Å². The van der Waals surface area contributed by atoms with Gasteiger partial charge in [0.2, 0.25) is 0 Å². The molecule has 0 aliphatic heterocycles. The number of ether oxygens (including phenoxy) is 2. The molecule has 0 heterocycles. The summed E-state index contributed by atoms with van der Waals surface area (Å²) in [5, 5.41) is 10.4. The largest absolute Gasteiger partial charge is 0.388 e. The Morgan fingerprint density at radius 2 is 1.85 bits per heavy atom. The van der Waals surface area contributed by atoms with Crippen molar-refractivity contribution in [3.63, 3.8) is 0 Å². The van der Waals surface area contributed by atoms with Crippen LogP contribution in [0.15, 0.2) is 42.5 Å². The molecule has 0 amide bonds. The number of hydrogen-bond acceptors (Lipinski definition) is 3. The standard InChI is InChI=1S/C24H36O3/c1-18-15-24(16-26-2,17-27-3)21-13-7-11-20(23(18)21)12-8-14-22(25)19-9-5-4-6-10-19/h4-6,8-10,12,18,20-23,25H,7,11,13-17H2,1-3H3/b12-8+/t18-,20+,21+,22?,23-/m1/s1. The SMILES string of the molecule is COCC1(COC)C[C@@H](C)[C@@H]2[C@H](/C=C/CC(O)c3ccccc3)CCC[C@@H]21. The highest BCUT2D eigenvalue weighted by atomic mass is 16.5. The van der Waals surface area contributed by atoms with Gasteiger partial charge in [-0.15, -0.1) is 0 Å². The molecule has 2 aliphatic rings. The van der Waals surface area contributed by atoms with Crippen LogP contribution in [0.3, 0.4) is 0 Å². The number of aliphatic hydroxyl groups is 1. The summed E-state index contributed by atoms with van der Waals surface area (Å²) in [5.74, 6) is 2.68. The molecule has 5 atom stereocenters. The Labute approximate surface area is 164 Å². The van der Waals surface area contributed by atoms with E-state index in [1.807, 2.05) is 44.6 Å². The summed E-state index contributed by atoms with van der Waals surface area (Å²) >= 11 is 0. The van der Waals surface area contributed by atoms with Gasteiger partial charge in [-0.25, -0.2) is 0 Å². The van der Waals surface area contributed by atoms with Gasteiger partial charge in [0.25, 0.3) is 0 Å². The molecule has 0 aromatic heterocycles. The number of methoxy groups -OCH3 is 2. The minimum absolute atomic E-state index is 0.170. The lowest BCUT2D eigenvalue weighted by molar-refractivity contribution is -0.0343. The van der Waals surface area contributed by atoms with Gasteiger partial charge in [0.05, 0.1) is 19.3 Å². The molecule has 0 saturated heterocycles. The van der Waals surface area contributed by atoms with Gasteiger partial charge in [0.15, 0.2) is 0 Å². The lowest BCUT2D eigenvalue weighted by Crippen LogP contribution is -2.40. The average molecular weight is 373 g/mol. The molecule has 3 rings (SSSR count). The lowest BCUT2D eigenvalue weighted by atomic mass is 9.65. The van der Waals surface area contributed by atoms with Crippen molar-refractivity contribution in [1.82, 2.24) is 0 Å². The zero-order valence-corrected chi connectivity index (χ0v) is 17.1. The Kier molecular flexibility index (Phi) is 7.13. The second-order valence-electron chi connectivity index (χ2n) is 8.78. The second kappa shape index (κ2) is 9.36. The van der Waals surface area contributed by atoms with Crippen molar-refractivity contribution in [1.29, 1.82) is 0 Å². The van der Waals surface area contributed by atoms with E-state index in [0.29, 0.717) is 30.1 Å². The molecule has 2 saturated carbocycles. The van der Waals surface area contributed by atoms with Crippen molar-refractivity contribution in [2.75, 3.05) is 27.4 Å². The summed E-state index contributed by atoms with van der Waals surface area (Å²) in [7, 11) is 3.64. The highest BCUT2D eigenvalue weighted by molar-refractivity contribution is 5.18. The second-order valence-corrected chi connectivity index (χ2v) is 8.78. The molecule has 0 bridgehead atoms. The molecular weight excluding hydrogens is 336 g/mol. The predicted octanol–water partition coefficient (Wildman–Crippen LogP) is 5.02. The van der Waals surface area contributed by atoms with Gasteiger partial charge >= 0.3 is 0 Å². The number of fused-ring (bicyclic) bond motifs is 1. The molecule has 1 unspecified atom stereocenters. The summed E-state index contributed by atoms with van der Waals surface area (Å²) < 4.78 is 11.3. The molecule has 1 aromatic carbocycles. The maximum absolute atomic E-state index is 10.4. The summed E-state index contributed by atoms with van der Waals surface area (Å²) in [6.07, 6.45) is 9.91. The third-order valence-corrected chi connectivity index (χ3v) is 6.97. The van der Waals surface area contributed by atoms with Crippen molar-refractivity contribution < 1.29 is 14.6 Å². The molecule has 1 N–H and O–H groups in total. The maximum Gasteiger partial charge on any atom is 0.0824 e. The fourth-order valence-electron chi connectivity index (χ4n) is 6.09. The van der Waals surface area contributed by atoms with E-state index in [9.17, 15) is 5.11 Å². The van der Waals surface area contributed by atoms with Gasteiger partial charge in [0, 0.05) is 19.6 Å². The average Bonchev–Trinajstić information content (AvgIpc) is 2.95. The topological polar surface area (TPSA) is 38.7 Å². The molecule has 3 heteroatoms. The third-order valence-electron chi connectivity index (χ3n) is 6.97. The Morgan fingerprint density at radius 1 is 1.15 bits per heavy atom. The Balaban J connectivity index is 1.68. The van der Waals surface area contributed by atoms with Gasteiger partial charge in [-0.05, 0) is 54.9 Å². The first-order chi connectivity index (χ1) is 13.1. The van der Waals surface area contributed by atoms with Crippen LogP contribution in [0.5, 0.6) is 0 Å². The first-order valence-corrected chi connectivity index (χ1v) is 10.5. The van der Waals surface area contributed by atoms with Gasteiger partial charge < -0.3 is 14.6 Å². The number of hydrogen-bond donors (Lipinski definition) is 1. The van der Waals surface area contributed by atoms with E-state index in [4.69, 9.17) is 9.47 Å². The highest BCUT2D eigenvalue weighted by Gasteiger charge is 2.54. The van der Waals surface area contributed by atoms with E-state index in [1.54, 1.807) is 0 Å². The zero-order valence-electron chi connectivity index (χ0n) is 17.1. The molecule has 1 aromatic rings. The molecule has 0 spiro atoms. The number of aliphatic hydroxyl groups excluding tert-OH is 1. The zero-order chi connectivity index (χ0) is 19.3. The van der Waals surface area contributed by atoms with Crippen molar-refractivity contribution in [2.24, 2.45) is 29.1 Å². The van der Waals surface area contributed by atoms with Gasteiger partial charge in [-0.2, -0.15) is 0 Å². The number of rotatable bonds is 8. The van der Waals surface area contributed by atoms with Crippen LogP contribution in [-0.4, -0.2) is 32.5 Å². The monoisotopic (exact) mass is 372 g/mol. The van der Waals surface area contributed by atoms with Gasteiger partial charge in [0.1, 0.15) is 0 Å². The van der Waals surface area contributed by atoms with Gasteiger partial charge in [-0.3, -0.25) is 0 Å². The van der Waals surface area contributed by atoms with Crippen molar-refractivity contribution in [3.8, 4) is 0 Å². The van der Waals surface area contributed by atoms with Crippen LogP contribution in [0.4, 0.5) is 0 Å². The van der Waals surface area contributed by atoms with Gasteiger partial charge in [-0.1, -0.05) is 55.8 Å². The minimum Gasteiger partial charge on any atom is -0.388 e. The van der Waals surface area contributed by atoms with Crippen molar-refractivity contribution in [2.45, 2.75) is 45.1 Å². The fraction of sp³-hybridized carbons (Fsp3) is 0.667. The molecule has 0 radical (unpaired) electrons. The van der Waals surface area contributed by atoms with Crippen LogP contribution in [0, 0.1) is 29.1 Å². The maximum atomic E-state index is 10.4. The quantitative estimate of drug-likeness (QED) is 0.651. The summed E-state index contributed by atoms with van der Waals surface area (Å²) in [4.78, 5) is 0. The minimum atomic E-state index is -0.413. The molecular formula is C24H36O3. The summed E-state index contributed by atoms with van der Waals surface area (Å²) in [6, 6.07) is 9.96. The van der Waals surface area contributed by atoms with Crippen LogP contribution in [0.25, 0.3) is 0 Å². The van der Waals surface area contributed by atoms with Crippen LogP contribution in [0.1, 0.15) is 50.7 Å². The molecule has 3 nitrogen and oxygen atoms in total. The van der Waals surface area contributed by atoms with Crippen LogP contribution < -0.4 is 0 Å². The van der Waals surface area contributed by atoms with Crippen molar-refractivity contribution in [3.05, 3.63) is 48.0 Å². The molecule has 2 fully saturated rings. The first kappa shape index (κ1) is 20.6. The number of allylic oxidation sites excluding steroid dienone is 1. The smallest absolute Gasteiger partial charge is 0.0824 e. The normalized spacial score (nSPS) is 31.1.